The molecule has 1 heterocycles. The Balaban J connectivity index is 2.10. The number of carbonyl (C=O) groups excluding carboxylic acids is 1. The van der Waals surface area contributed by atoms with Crippen LogP contribution < -0.4 is 10.6 Å². The number of pyridine rings is 1. The number of amides is 2. The standard InChI is InChI=1S/C13H11ClFN3O2/c14-9-2-1-8(7-19)11(5-9)18-13(20)17-10-3-4-16-12(15)6-10/h1-6,19H,7H2,(H2,16,17,18,20). The lowest BCUT2D eigenvalue weighted by Gasteiger charge is -2.11. The molecular formula is C13H11ClFN3O2. The van der Waals surface area contributed by atoms with Crippen LogP contribution in [0.15, 0.2) is 36.5 Å². The van der Waals surface area contributed by atoms with E-state index in [1.165, 1.54) is 18.3 Å². The highest BCUT2D eigenvalue weighted by atomic mass is 35.5. The molecule has 2 rings (SSSR count). The molecule has 3 N–H and O–H groups in total. The summed E-state index contributed by atoms with van der Waals surface area (Å²) >= 11 is 5.83. The first-order valence-corrected chi connectivity index (χ1v) is 6.05. The number of hydrogen-bond acceptors (Lipinski definition) is 3. The molecule has 2 aromatic rings. The maximum Gasteiger partial charge on any atom is 0.323 e. The fraction of sp³-hybridized carbons (Fsp3) is 0.0769. The first kappa shape index (κ1) is 14.2. The number of benzene rings is 1. The summed E-state index contributed by atoms with van der Waals surface area (Å²) < 4.78 is 12.9. The molecule has 104 valence electrons. The number of rotatable bonds is 3. The van der Waals surface area contributed by atoms with Crippen LogP contribution in [0.2, 0.25) is 5.02 Å². The minimum absolute atomic E-state index is 0.239. The molecule has 0 spiro atoms. The number of aliphatic hydroxyl groups is 1. The van der Waals surface area contributed by atoms with Gasteiger partial charge >= 0.3 is 6.03 Å². The second-order valence-corrected chi connectivity index (χ2v) is 4.34. The van der Waals surface area contributed by atoms with E-state index in [9.17, 15) is 14.3 Å². The molecule has 0 bridgehead atoms. The third-order valence-corrected chi connectivity index (χ3v) is 2.71. The highest BCUT2D eigenvalue weighted by Crippen LogP contribution is 2.21. The van der Waals surface area contributed by atoms with Crippen LogP contribution in [0.4, 0.5) is 20.6 Å². The van der Waals surface area contributed by atoms with Gasteiger partial charge < -0.3 is 15.7 Å². The summed E-state index contributed by atoms with van der Waals surface area (Å²) in [6.45, 7) is -0.239. The number of anilines is 2. The van der Waals surface area contributed by atoms with Gasteiger partial charge in [0.1, 0.15) is 0 Å². The van der Waals surface area contributed by atoms with Crippen molar-refractivity contribution in [2.24, 2.45) is 0 Å². The molecule has 2 amide bonds. The summed E-state index contributed by atoms with van der Waals surface area (Å²) in [6, 6.07) is 6.68. The highest BCUT2D eigenvalue weighted by Gasteiger charge is 2.08. The van der Waals surface area contributed by atoms with Crippen LogP contribution in [0.3, 0.4) is 0 Å². The van der Waals surface area contributed by atoms with Gasteiger partial charge in [-0.1, -0.05) is 17.7 Å². The molecule has 0 aliphatic heterocycles. The van der Waals surface area contributed by atoms with Crippen molar-refractivity contribution in [3.8, 4) is 0 Å². The molecule has 20 heavy (non-hydrogen) atoms. The Morgan fingerprint density at radius 3 is 2.80 bits per heavy atom. The zero-order valence-corrected chi connectivity index (χ0v) is 11.0. The Kier molecular flexibility index (Phi) is 4.49. The maximum absolute atomic E-state index is 12.9. The number of halogens is 2. The van der Waals surface area contributed by atoms with Gasteiger partial charge in [-0.05, 0) is 18.2 Å². The minimum atomic E-state index is -0.693. The average Bonchev–Trinajstić information content (AvgIpc) is 2.38. The predicted octanol–water partition coefficient (Wildman–Crippen LogP) is 3.01. The average molecular weight is 296 g/mol. The van der Waals surface area contributed by atoms with E-state index in [1.807, 2.05) is 0 Å². The lowest BCUT2D eigenvalue weighted by molar-refractivity contribution is 0.262. The van der Waals surface area contributed by atoms with Gasteiger partial charge in [0.05, 0.1) is 6.61 Å². The van der Waals surface area contributed by atoms with Crippen molar-refractivity contribution in [2.45, 2.75) is 6.61 Å². The van der Waals surface area contributed by atoms with E-state index in [4.69, 9.17) is 11.6 Å². The van der Waals surface area contributed by atoms with Gasteiger partial charge in [-0.3, -0.25) is 0 Å². The molecule has 0 aliphatic rings. The lowest BCUT2D eigenvalue weighted by atomic mass is 10.2. The number of carbonyl (C=O) groups is 1. The zero-order valence-electron chi connectivity index (χ0n) is 10.2. The smallest absolute Gasteiger partial charge is 0.323 e. The van der Waals surface area contributed by atoms with Gasteiger partial charge in [0.2, 0.25) is 5.95 Å². The quantitative estimate of drug-likeness (QED) is 0.762. The second kappa shape index (κ2) is 6.31. The Morgan fingerprint density at radius 2 is 2.10 bits per heavy atom. The van der Waals surface area contributed by atoms with Crippen LogP contribution in [0.25, 0.3) is 0 Å². The van der Waals surface area contributed by atoms with E-state index in [0.717, 1.165) is 6.07 Å². The van der Waals surface area contributed by atoms with Crippen LogP contribution in [0, 0.1) is 5.95 Å². The number of aliphatic hydroxyl groups excluding tert-OH is 1. The summed E-state index contributed by atoms with van der Waals surface area (Å²) in [4.78, 5) is 15.2. The summed E-state index contributed by atoms with van der Waals surface area (Å²) in [5, 5.41) is 14.6. The van der Waals surface area contributed by atoms with E-state index in [1.54, 1.807) is 12.1 Å². The number of nitrogens with zero attached hydrogens (tertiary/aromatic N) is 1. The van der Waals surface area contributed by atoms with Crippen LogP contribution in [-0.4, -0.2) is 16.1 Å². The van der Waals surface area contributed by atoms with E-state index < -0.39 is 12.0 Å². The number of urea groups is 1. The van der Waals surface area contributed by atoms with Crippen LogP contribution >= 0.6 is 11.6 Å². The topological polar surface area (TPSA) is 74.2 Å². The van der Waals surface area contributed by atoms with Crippen LogP contribution in [0.5, 0.6) is 0 Å². The fourth-order valence-corrected chi connectivity index (χ4v) is 1.74. The first-order chi connectivity index (χ1) is 9.58. The third kappa shape index (κ3) is 3.66. The van der Waals surface area contributed by atoms with Crippen molar-refractivity contribution in [2.75, 3.05) is 10.6 Å². The van der Waals surface area contributed by atoms with Crippen molar-refractivity contribution in [3.63, 3.8) is 0 Å². The first-order valence-electron chi connectivity index (χ1n) is 5.67. The van der Waals surface area contributed by atoms with E-state index in [2.05, 4.69) is 15.6 Å². The molecule has 1 aromatic heterocycles. The SMILES string of the molecule is O=C(Nc1ccnc(F)c1)Nc1cc(Cl)ccc1CO. The Morgan fingerprint density at radius 1 is 1.30 bits per heavy atom. The Labute approximate surface area is 119 Å². The van der Waals surface area contributed by atoms with Crippen molar-refractivity contribution >= 4 is 29.0 Å². The van der Waals surface area contributed by atoms with Gasteiger partial charge in [0.25, 0.3) is 0 Å². The van der Waals surface area contributed by atoms with Crippen LogP contribution in [0.1, 0.15) is 5.56 Å². The normalized spacial score (nSPS) is 10.2. The minimum Gasteiger partial charge on any atom is -0.392 e. The molecule has 0 fully saturated rings. The van der Waals surface area contributed by atoms with Gasteiger partial charge in [-0.2, -0.15) is 4.39 Å². The monoisotopic (exact) mass is 295 g/mol. The Hall–Kier alpha value is -2.18. The molecule has 0 unspecified atom stereocenters. The molecule has 0 saturated heterocycles. The molecule has 5 nitrogen and oxygen atoms in total. The maximum atomic E-state index is 12.9. The van der Waals surface area contributed by atoms with E-state index >= 15 is 0 Å². The number of aromatic nitrogens is 1. The molecule has 7 heteroatoms. The van der Waals surface area contributed by atoms with Crippen molar-refractivity contribution in [1.29, 1.82) is 0 Å². The molecule has 0 saturated carbocycles. The van der Waals surface area contributed by atoms with Gasteiger partial charge in [-0.25, -0.2) is 9.78 Å². The fourth-order valence-electron chi connectivity index (χ4n) is 1.57. The largest absolute Gasteiger partial charge is 0.392 e. The number of nitrogens with one attached hydrogen (secondary N) is 2. The predicted molar refractivity (Wildman–Crippen MR) is 74.2 cm³/mol. The van der Waals surface area contributed by atoms with Crippen molar-refractivity contribution in [1.82, 2.24) is 4.98 Å². The third-order valence-electron chi connectivity index (χ3n) is 2.47. The van der Waals surface area contributed by atoms with Crippen LogP contribution in [-0.2, 0) is 6.61 Å². The molecule has 0 radical (unpaired) electrons. The zero-order chi connectivity index (χ0) is 14.5. The summed E-state index contributed by atoms with van der Waals surface area (Å²) in [5.74, 6) is -0.693. The Bertz CT molecular complexity index is 637. The number of hydrogen-bond donors (Lipinski definition) is 3. The molecule has 0 aliphatic carbocycles. The van der Waals surface area contributed by atoms with E-state index in [-0.39, 0.29) is 12.3 Å². The van der Waals surface area contributed by atoms with E-state index in [0.29, 0.717) is 16.3 Å². The van der Waals surface area contributed by atoms with Crippen molar-refractivity contribution < 1.29 is 14.3 Å². The van der Waals surface area contributed by atoms with Gasteiger partial charge in [0.15, 0.2) is 0 Å². The highest BCUT2D eigenvalue weighted by molar-refractivity contribution is 6.31. The summed E-state index contributed by atoms with van der Waals surface area (Å²) in [5.41, 5.74) is 1.17. The van der Waals surface area contributed by atoms with Gasteiger partial charge in [0, 0.05) is 34.2 Å². The molecule has 0 atom stereocenters. The summed E-state index contributed by atoms with van der Waals surface area (Å²) in [7, 11) is 0. The van der Waals surface area contributed by atoms with Crippen molar-refractivity contribution in [3.05, 3.63) is 53.1 Å². The van der Waals surface area contributed by atoms with Gasteiger partial charge in [-0.15, -0.1) is 0 Å². The molecule has 1 aromatic carbocycles. The lowest BCUT2D eigenvalue weighted by Crippen LogP contribution is -2.20. The summed E-state index contributed by atoms with van der Waals surface area (Å²) in [6.07, 6.45) is 1.24. The molecular weight excluding hydrogens is 285 g/mol. The second-order valence-electron chi connectivity index (χ2n) is 3.91.